The Balaban J connectivity index is 2.12. The van der Waals surface area contributed by atoms with Crippen LogP contribution in [0.1, 0.15) is 12.8 Å². The first-order valence-electron chi connectivity index (χ1n) is 5.37. The molecule has 1 heterocycles. The van der Waals surface area contributed by atoms with Gasteiger partial charge in [0.2, 0.25) is 0 Å². The molecule has 1 aliphatic carbocycles. The molecule has 1 fully saturated rings. The van der Waals surface area contributed by atoms with Gasteiger partial charge in [0.1, 0.15) is 0 Å². The van der Waals surface area contributed by atoms with Crippen LogP contribution in [0.3, 0.4) is 0 Å². The average Bonchev–Trinajstić information content (AvgIpc) is 2.56. The van der Waals surface area contributed by atoms with Crippen molar-refractivity contribution >= 4 is 28.1 Å². The van der Waals surface area contributed by atoms with E-state index >= 15 is 0 Å². The van der Waals surface area contributed by atoms with E-state index in [1.165, 1.54) is 10.4 Å². The maximum atomic E-state index is 5.43. The maximum absolute atomic E-state index is 5.43. The minimum atomic E-state index is 0.279. The second kappa shape index (κ2) is 3.46. The van der Waals surface area contributed by atoms with Crippen molar-refractivity contribution in [2.45, 2.75) is 12.8 Å². The first kappa shape index (κ1) is 9.61. The summed E-state index contributed by atoms with van der Waals surface area (Å²) in [5.74, 6) is 0. The van der Waals surface area contributed by atoms with E-state index in [-0.39, 0.29) is 5.41 Å². The lowest BCUT2D eigenvalue weighted by atomic mass is 9.82. The molecule has 15 heavy (non-hydrogen) atoms. The van der Waals surface area contributed by atoms with Crippen molar-refractivity contribution in [2.75, 3.05) is 13.2 Å². The van der Waals surface area contributed by atoms with Crippen molar-refractivity contribution in [3.63, 3.8) is 0 Å². The van der Waals surface area contributed by atoms with E-state index < -0.39 is 0 Å². The molecule has 0 aromatic heterocycles. The second-order valence-corrected chi connectivity index (χ2v) is 5.32. The smallest absolute Gasteiger partial charge is 0.0477 e. The van der Waals surface area contributed by atoms with Crippen LogP contribution in [-0.2, 0) is 4.74 Å². The van der Waals surface area contributed by atoms with Crippen molar-refractivity contribution in [3.05, 3.63) is 33.1 Å². The average molecular weight is 265 g/mol. The third-order valence-corrected chi connectivity index (χ3v) is 3.85. The van der Waals surface area contributed by atoms with Gasteiger partial charge in [0.15, 0.2) is 0 Å². The molecule has 2 aliphatic rings. The third kappa shape index (κ3) is 1.66. The zero-order chi connectivity index (χ0) is 10.3. The molecule has 0 atom stereocenters. The van der Waals surface area contributed by atoms with Crippen molar-refractivity contribution in [3.8, 4) is 0 Å². The molecule has 0 unspecified atom stereocenters. The molecule has 0 bridgehead atoms. The van der Waals surface area contributed by atoms with Crippen molar-refractivity contribution in [1.82, 2.24) is 0 Å². The summed E-state index contributed by atoms with van der Waals surface area (Å²) < 4.78 is 6.59. The molecule has 0 radical (unpaired) electrons. The highest BCUT2D eigenvalue weighted by Crippen LogP contribution is 2.35. The molecular weight excluding hydrogens is 252 g/mol. The van der Waals surface area contributed by atoms with Gasteiger partial charge in [-0.1, -0.05) is 34.1 Å². The topological polar surface area (TPSA) is 9.23 Å². The predicted molar refractivity (Wildman–Crippen MR) is 64.8 cm³/mol. The molecule has 0 N–H and O–H groups in total. The Kier molecular flexibility index (Phi) is 2.22. The summed E-state index contributed by atoms with van der Waals surface area (Å²) in [4.78, 5) is 0. The van der Waals surface area contributed by atoms with Crippen LogP contribution in [-0.4, -0.2) is 13.2 Å². The molecule has 1 aromatic carbocycles. The molecule has 0 amide bonds. The van der Waals surface area contributed by atoms with Crippen molar-refractivity contribution in [2.24, 2.45) is 5.41 Å². The normalized spacial score (nSPS) is 21.9. The van der Waals surface area contributed by atoms with Crippen molar-refractivity contribution < 1.29 is 4.74 Å². The van der Waals surface area contributed by atoms with E-state index in [2.05, 4.69) is 46.3 Å². The molecule has 1 spiro atoms. The van der Waals surface area contributed by atoms with Crippen LogP contribution in [0.5, 0.6) is 0 Å². The van der Waals surface area contributed by atoms with Gasteiger partial charge in [0, 0.05) is 23.1 Å². The Bertz CT molecular complexity index is 498. The SMILES string of the molecule is Brc1ccc2c(c1)=CC1(C=2)CCOCC1. The summed E-state index contributed by atoms with van der Waals surface area (Å²) in [5.41, 5.74) is 0.279. The van der Waals surface area contributed by atoms with Crippen LogP contribution in [0, 0.1) is 5.41 Å². The van der Waals surface area contributed by atoms with Gasteiger partial charge in [0.05, 0.1) is 0 Å². The molecule has 0 saturated carbocycles. The lowest BCUT2D eigenvalue weighted by Gasteiger charge is -2.29. The van der Waals surface area contributed by atoms with Crippen LogP contribution in [0.4, 0.5) is 0 Å². The highest BCUT2D eigenvalue weighted by molar-refractivity contribution is 9.10. The number of hydrogen-bond acceptors (Lipinski definition) is 1. The summed E-state index contributed by atoms with van der Waals surface area (Å²) >= 11 is 3.52. The van der Waals surface area contributed by atoms with E-state index in [4.69, 9.17) is 4.74 Å². The monoisotopic (exact) mass is 264 g/mol. The lowest BCUT2D eigenvalue weighted by molar-refractivity contribution is 0.0658. The third-order valence-electron chi connectivity index (χ3n) is 3.36. The summed E-state index contributed by atoms with van der Waals surface area (Å²) in [5, 5.41) is 2.74. The largest absolute Gasteiger partial charge is 0.381 e. The Morgan fingerprint density at radius 2 is 1.80 bits per heavy atom. The van der Waals surface area contributed by atoms with E-state index in [1.807, 2.05) is 0 Å². The molecule has 3 rings (SSSR count). The van der Waals surface area contributed by atoms with E-state index in [1.54, 1.807) is 0 Å². The molecule has 1 saturated heterocycles. The van der Waals surface area contributed by atoms with Crippen LogP contribution in [0.25, 0.3) is 12.2 Å². The highest BCUT2D eigenvalue weighted by atomic mass is 79.9. The Labute approximate surface area is 97.6 Å². The van der Waals surface area contributed by atoms with E-state index in [9.17, 15) is 0 Å². The van der Waals surface area contributed by atoms with Crippen LogP contribution >= 0.6 is 15.9 Å². The van der Waals surface area contributed by atoms with Gasteiger partial charge < -0.3 is 4.74 Å². The fourth-order valence-electron chi connectivity index (χ4n) is 2.50. The van der Waals surface area contributed by atoms with Gasteiger partial charge in [-0.25, -0.2) is 0 Å². The van der Waals surface area contributed by atoms with Crippen LogP contribution < -0.4 is 10.4 Å². The fourth-order valence-corrected chi connectivity index (χ4v) is 2.88. The Morgan fingerprint density at radius 1 is 1.07 bits per heavy atom. The highest BCUT2D eigenvalue weighted by Gasteiger charge is 2.29. The van der Waals surface area contributed by atoms with E-state index in [0.29, 0.717) is 0 Å². The number of fused-ring (bicyclic) bond motifs is 1. The number of ether oxygens (including phenoxy) is 1. The summed E-state index contributed by atoms with van der Waals surface area (Å²) in [6.07, 6.45) is 7.07. The quantitative estimate of drug-likeness (QED) is 0.695. The van der Waals surface area contributed by atoms with Crippen molar-refractivity contribution in [1.29, 1.82) is 0 Å². The standard InChI is InChI=1S/C13H13BrO/c14-12-2-1-10-8-13(9-11(10)7-12)3-5-15-6-4-13/h1-2,7-9H,3-6H2. The number of rotatable bonds is 0. The lowest BCUT2D eigenvalue weighted by Crippen LogP contribution is -2.24. The van der Waals surface area contributed by atoms with Gasteiger partial charge in [0.25, 0.3) is 0 Å². The van der Waals surface area contributed by atoms with E-state index in [0.717, 1.165) is 30.5 Å². The van der Waals surface area contributed by atoms with Crippen LogP contribution in [0.2, 0.25) is 0 Å². The Morgan fingerprint density at radius 3 is 2.60 bits per heavy atom. The molecule has 1 aliphatic heterocycles. The fraction of sp³-hybridized carbons (Fsp3) is 0.385. The summed E-state index contributed by atoms with van der Waals surface area (Å²) in [6, 6.07) is 6.51. The first-order chi connectivity index (χ1) is 7.27. The molecule has 2 heteroatoms. The minimum Gasteiger partial charge on any atom is -0.381 e. The second-order valence-electron chi connectivity index (χ2n) is 4.41. The maximum Gasteiger partial charge on any atom is 0.0477 e. The zero-order valence-corrected chi connectivity index (χ0v) is 10.1. The summed E-state index contributed by atoms with van der Waals surface area (Å²) in [6.45, 7) is 1.78. The Hall–Kier alpha value is -0.600. The number of hydrogen-bond donors (Lipinski definition) is 0. The summed E-state index contributed by atoms with van der Waals surface area (Å²) in [7, 11) is 0. The number of benzene rings is 1. The van der Waals surface area contributed by atoms with Crippen LogP contribution in [0.15, 0.2) is 22.7 Å². The molecule has 1 aromatic rings. The van der Waals surface area contributed by atoms with Gasteiger partial charge in [-0.05, 0) is 35.4 Å². The first-order valence-corrected chi connectivity index (χ1v) is 6.16. The molecule has 78 valence electrons. The van der Waals surface area contributed by atoms with Gasteiger partial charge in [-0.3, -0.25) is 0 Å². The minimum absolute atomic E-state index is 0.279. The van der Waals surface area contributed by atoms with Gasteiger partial charge in [-0.2, -0.15) is 0 Å². The number of halogens is 1. The molecule has 1 nitrogen and oxygen atoms in total. The molecular formula is C13H13BrO. The zero-order valence-electron chi connectivity index (χ0n) is 8.50. The van der Waals surface area contributed by atoms with Gasteiger partial charge in [-0.15, -0.1) is 0 Å². The predicted octanol–water partition coefficient (Wildman–Crippen LogP) is 1.82. The van der Waals surface area contributed by atoms with Gasteiger partial charge >= 0.3 is 0 Å².